The highest BCUT2D eigenvalue weighted by molar-refractivity contribution is 7.89. The maximum Gasteiger partial charge on any atom is 0.307 e. The van der Waals surface area contributed by atoms with Crippen molar-refractivity contribution in [1.82, 2.24) is 14.9 Å². The maximum absolute atomic E-state index is 13.2. The summed E-state index contributed by atoms with van der Waals surface area (Å²) in [4.78, 5) is 15.6. The molecule has 1 N–H and O–H groups in total. The standard InChI is InChI=1S/C20H19F2N3O6S/c1-2-29-17-6-4-3-5-14(17)20-24-18(31-25-20)12-30-19(26)9-10-23-32(27,28)13-7-8-15(21)16(22)11-13/h3-8,11,23H,2,9-10,12H2,1H3. The van der Waals surface area contributed by atoms with Crippen molar-refractivity contribution in [3.8, 4) is 17.1 Å². The van der Waals surface area contributed by atoms with Crippen LogP contribution in [0.4, 0.5) is 8.78 Å². The Labute approximate surface area is 182 Å². The average Bonchev–Trinajstić information content (AvgIpc) is 3.23. The quantitative estimate of drug-likeness (QED) is 0.452. The highest BCUT2D eigenvalue weighted by Crippen LogP contribution is 2.27. The lowest BCUT2D eigenvalue weighted by molar-refractivity contribution is -0.145. The number of esters is 1. The Balaban J connectivity index is 1.50. The molecule has 0 saturated carbocycles. The fourth-order valence-corrected chi connectivity index (χ4v) is 3.63. The molecule has 32 heavy (non-hydrogen) atoms. The van der Waals surface area contributed by atoms with Gasteiger partial charge in [0.05, 0.1) is 23.5 Å². The Morgan fingerprint density at radius 2 is 1.94 bits per heavy atom. The zero-order valence-corrected chi connectivity index (χ0v) is 17.7. The van der Waals surface area contributed by atoms with Crippen LogP contribution in [-0.2, 0) is 26.2 Å². The van der Waals surface area contributed by atoms with E-state index in [2.05, 4.69) is 14.9 Å². The summed E-state index contributed by atoms with van der Waals surface area (Å²) in [5, 5.41) is 3.84. The first kappa shape index (κ1) is 23.3. The number of sulfonamides is 1. The first-order chi connectivity index (χ1) is 15.3. The average molecular weight is 467 g/mol. The van der Waals surface area contributed by atoms with Crippen molar-refractivity contribution < 1.29 is 36.0 Å². The zero-order valence-electron chi connectivity index (χ0n) is 16.9. The molecule has 0 saturated heterocycles. The Morgan fingerprint density at radius 3 is 2.69 bits per heavy atom. The first-order valence-electron chi connectivity index (χ1n) is 9.45. The molecule has 0 aliphatic carbocycles. The molecule has 0 fully saturated rings. The van der Waals surface area contributed by atoms with Gasteiger partial charge in [0.2, 0.25) is 15.8 Å². The number of hydrogen-bond donors (Lipinski definition) is 1. The van der Waals surface area contributed by atoms with Gasteiger partial charge in [0, 0.05) is 6.54 Å². The second-order valence-electron chi connectivity index (χ2n) is 6.33. The van der Waals surface area contributed by atoms with E-state index in [0.717, 1.165) is 6.07 Å². The number of nitrogens with zero attached hydrogens (tertiary/aromatic N) is 2. The van der Waals surface area contributed by atoms with Crippen LogP contribution >= 0.6 is 0 Å². The molecular weight excluding hydrogens is 448 g/mol. The van der Waals surface area contributed by atoms with Gasteiger partial charge in [-0.15, -0.1) is 0 Å². The summed E-state index contributed by atoms with van der Waals surface area (Å²) >= 11 is 0. The van der Waals surface area contributed by atoms with Crippen LogP contribution < -0.4 is 9.46 Å². The molecule has 170 valence electrons. The molecule has 1 aromatic heterocycles. The molecule has 0 atom stereocenters. The van der Waals surface area contributed by atoms with E-state index in [1.807, 2.05) is 6.92 Å². The Bertz CT molecular complexity index is 1200. The van der Waals surface area contributed by atoms with Crippen molar-refractivity contribution in [1.29, 1.82) is 0 Å². The molecule has 0 aliphatic rings. The number of rotatable bonds is 10. The summed E-state index contributed by atoms with van der Waals surface area (Å²) in [5.74, 6) is -2.31. The number of carbonyl (C=O) groups excluding carboxylic acids is 1. The second-order valence-corrected chi connectivity index (χ2v) is 8.09. The Morgan fingerprint density at radius 1 is 1.16 bits per heavy atom. The van der Waals surface area contributed by atoms with E-state index < -0.39 is 32.5 Å². The number of ether oxygens (including phenoxy) is 2. The summed E-state index contributed by atoms with van der Waals surface area (Å²) in [5.41, 5.74) is 0.613. The molecule has 0 bridgehead atoms. The highest BCUT2D eigenvalue weighted by Gasteiger charge is 2.18. The fraction of sp³-hybridized carbons (Fsp3) is 0.250. The first-order valence-corrected chi connectivity index (χ1v) is 10.9. The third-order valence-corrected chi connectivity index (χ3v) is 5.53. The summed E-state index contributed by atoms with van der Waals surface area (Å²) in [6, 6.07) is 9.26. The van der Waals surface area contributed by atoms with E-state index in [-0.39, 0.29) is 31.3 Å². The lowest BCUT2D eigenvalue weighted by Crippen LogP contribution is -2.27. The number of benzene rings is 2. The Kier molecular flexibility index (Phi) is 7.49. The number of hydrogen-bond acceptors (Lipinski definition) is 8. The molecule has 3 rings (SSSR count). The predicted octanol–water partition coefficient (Wildman–Crippen LogP) is 2.83. The van der Waals surface area contributed by atoms with Crippen molar-refractivity contribution in [3.63, 3.8) is 0 Å². The lowest BCUT2D eigenvalue weighted by atomic mass is 10.2. The van der Waals surface area contributed by atoms with Crippen LogP contribution in [0, 0.1) is 11.6 Å². The van der Waals surface area contributed by atoms with E-state index in [4.69, 9.17) is 14.0 Å². The van der Waals surface area contributed by atoms with E-state index in [1.165, 1.54) is 0 Å². The van der Waals surface area contributed by atoms with Gasteiger partial charge in [0.15, 0.2) is 18.2 Å². The van der Waals surface area contributed by atoms with Crippen LogP contribution in [0.5, 0.6) is 5.75 Å². The van der Waals surface area contributed by atoms with Gasteiger partial charge in [-0.2, -0.15) is 4.98 Å². The molecule has 0 unspecified atom stereocenters. The monoisotopic (exact) mass is 467 g/mol. The maximum atomic E-state index is 13.2. The van der Waals surface area contributed by atoms with Crippen molar-refractivity contribution in [3.05, 3.63) is 60.0 Å². The summed E-state index contributed by atoms with van der Waals surface area (Å²) in [6.07, 6.45) is -0.308. The number of halogens is 2. The molecular formula is C20H19F2N3O6S. The van der Waals surface area contributed by atoms with Gasteiger partial charge in [0.1, 0.15) is 5.75 Å². The van der Waals surface area contributed by atoms with Crippen molar-refractivity contribution in [2.24, 2.45) is 0 Å². The molecule has 0 amide bonds. The lowest BCUT2D eigenvalue weighted by Gasteiger charge is -2.07. The smallest absolute Gasteiger partial charge is 0.307 e. The van der Waals surface area contributed by atoms with Crippen LogP contribution in [0.2, 0.25) is 0 Å². The van der Waals surface area contributed by atoms with Gasteiger partial charge >= 0.3 is 5.97 Å². The Hall–Kier alpha value is -3.38. The summed E-state index contributed by atoms with van der Waals surface area (Å²) in [6.45, 7) is 1.69. The number of carbonyl (C=O) groups is 1. The minimum absolute atomic E-state index is 0.0435. The number of aromatic nitrogens is 2. The summed E-state index contributed by atoms with van der Waals surface area (Å²) < 4.78 is 68.0. The van der Waals surface area contributed by atoms with Crippen molar-refractivity contribution in [2.75, 3.05) is 13.2 Å². The summed E-state index contributed by atoms with van der Waals surface area (Å²) in [7, 11) is -4.12. The number of nitrogens with one attached hydrogen (secondary N) is 1. The predicted molar refractivity (Wildman–Crippen MR) is 107 cm³/mol. The molecule has 2 aromatic carbocycles. The zero-order chi connectivity index (χ0) is 23.1. The van der Waals surface area contributed by atoms with Crippen LogP contribution in [0.1, 0.15) is 19.2 Å². The molecule has 0 radical (unpaired) electrons. The third-order valence-electron chi connectivity index (χ3n) is 4.08. The van der Waals surface area contributed by atoms with E-state index in [1.54, 1.807) is 24.3 Å². The molecule has 12 heteroatoms. The van der Waals surface area contributed by atoms with E-state index >= 15 is 0 Å². The topological polar surface area (TPSA) is 121 Å². The van der Waals surface area contributed by atoms with E-state index in [0.29, 0.717) is 30.1 Å². The molecule has 0 aliphatic heterocycles. The van der Waals surface area contributed by atoms with Crippen LogP contribution in [-0.4, -0.2) is 37.7 Å². The van der Waals surface area contributed by atoms with Gasteiger partial charge in [0.25, 0.3) is 5.89 Å². The fourth-order valence-electron chi connectivity index (χ4n) is 2.58. The molecule has 0 spiro atoms. The van der Waals surface area contributed by atoms with E-state index in [9.17, 15) is 22.0 Å². The second kappa shape index (κ2) is 10.3. The van der Waals surface area contributed by atoms with Crippen LogP contribution in [0.15, 0.2) is 51.9 Å². The minimum atomic E-state index is -4.12. The SMILES string of the molecule is CCOc1ccccc1-c1noc(COC(=O)CCNS(=O)(=O)c2ccc(F)c(F)c2)n1. The highest BCUT2D eigenvalue weighted by atomic mass is 32.2. The minimum Gasteiger partial charge on any atom is -0.493 e. The van der Waals surface area contributed by atoms with Gasteiger partial charge in [-0.1, -0.05) is 17.3 Å². The van der Waals surface area contributed by atoms with Gasteiger partial charge in [-0.25, -0.2) is 21.9 Å². The normalized spacial score (nSPS) is 11.3. The van der Waals surface area contributed by atoms with Gasteiger partial charge < -0.3 is 14.0 Å². The van der Waals surface area contributed by atoms with Crippen molar-refractivity contribution in [2.45, 2.75) is 24.8 Å². The largest absolute Gasteiger partial charge is 0.493 e. The van der Waals surface area contributed by atoms with Crippen LogP contribution in [0.25, 0.3) is 11.4 Å². The van der Waals surface area contributed by atoms with Gasteiger partial charge in [-0.3, -0.25) is 4.79 Å². The number of para-hydroxylation sites is 1. The van der Waals surface area contributed by atoms with Crippen LogP contribution in [0.3, 0.4) is 0 Å². The van der Waals surface area contributed by atoms with Crippen molar-refractivity contribution >= 4 is 16.0 Å². The molecule has 1 heterocycles. The molecule has 9 nitrogen and oxygen atoms in total. The molecule has 3 aromatic rings. The van der Waals surface area contributed by atoms with Gasteiger partial charge in [-0.05, 0) is 37.3 Å². The third kappa shape index (κ3) is 5.86.